The van der Waals surface area contributed by atoms with E-state index in [1.54, 1.807) is 13.0 Å². The first kappa shape index (κ1) is 12.2. The molecule has 84 valence electrons. The molecular formula is C11H12N2O3. The molecular weight excluding hydrogens is 208 g/mol. The molecule has 0 aliphatic rings. The Labute approximate surface area is 92.7 Å². The fourth-order valence-electron chi connectivity index (χ4n) is 1.40. The van der Waals surface area contributed by atoms with Crippen molar-refractivity contribution in [3.8, 4) is 6.07 Å². The molecule has 1 amide bonds. The Balaban J connectivity index is 3.06. The third-order valence-corrected chi connectivity index (χ3v) is 2.31. The van der Waals surface area contributed by atoms with Gasteiger partial charge in [-0.05, 0) is 30.2 Å². The molecule has 0 heterocycles. The summed E-state index contributed by atoms with van der Waals surface area (Å²) in [7, 11) is 0. The maximum atomic E-state index is 10.7. The highest BCUT2D eigenvalue weighted by Crippen LogP contribution is 2.21. The quantitative estimate of drug-likeness (QED) is 0.652. The largest absolute Gasteiger partial charge is 0.385 e. The first-order valence-corrected chi connectivity index (χ1v) is 4.63. The van der Waals surface area contributed by atoms with Gasteiger partial charge in [0.25, 0.3) is 0 Å². The lowest BCUT2D eigenvalue weighted by Gasteiger charge is -2.17. The lowest BCUT2D eigenvalue weighted by molar-refractivity contribution is -0.131. The lowest BCUT2D eigenvalue weighted by atomic mass is 9.97. The monoisotopic (exact) mass is 220 g/mol. The second-order valence-corrected chi connectivity index (χ2v) is 3.48. The Morgan fingerprint density at radius 1 is 1.50 bits per heavy atom. The number of aliphatic hydroxyl groups excluding tert-OH is 2. The number of hydrogen-bond acceptors (Lipinski definition) is 4. The summed E-state index contributed by atoms with van der Waals surface area (Å²) in [5.41, 5.74) is 6.32. The van der Waals surface area contributed by atoms with Gasteiger partial charge in [0.1, 0.15) is 6.10 Å². The number of carbonyl (C=O) groups excluding carboxylic acids is 1. The van der Waals surface area contributed by atoms with Crippen LogP contribution in [0.5, 0.6) is 0 Å². The van der Waals surface area contributed by atoms with Crippen molar-refractivity contribution in [2.75, 3.05) is 0 Å². The van der Waals surface area contributed by atoms with Gasteiger partial charge >= 0.3 is 0 Å². The Hall–Kier alpha value is -1.90. The van der Waals surface area contributed by atoms with Crippen LogP contribution in [0, 0.1) is 18.3 Å². The molecule has 1 aromatic carbocycles. The predicted molar refractivity (Wildman–Crippen MR) is 56.1 cm³/mol. The van der Waals surface area contributed by atoms with Crippen LogP contribution in [0.1, 0.15) is 22.8 Å². The summed E-state index contributed by atoms with van der Waals surface area (Å²) in [6.45, 7) is 1.67. The van der Waals surface area contributed by atoms with E-state index in [2.05, 4.69) is 0 Å². The fraction of sp³-hybridized carbons (Fsp3) is 0.273. The van der Waals surface area contributed by atoms with Crippen molar-refractivity contribution in [2.45, 2.75) is 19.1 Å². The van der Waals surface area contributed by atoms with Crippen LogP contribution in [0.15, 0.2) is 18.2 Å². The molecule has 0 fully saturated rings. The molecule has 4 N–H and O–H groups in total. The lowest BCUT2D eigenvalue weighted by Crippen LogP contribution is -2.34. The smallest absolute Gasteiger partial charge is 0.249 e. The zero-order valence-corrected chi connectivity index (χ0v) is 8.71. The highest BCUT2D eigenvalue weighted by Gasteiger charge is 2.24. The highest BCUT2D eigenvalue weighted by molar-refractivity contribution is 5.79. The zero-order chi connectivity index (χ0) is 12.3. The molecule has 16 heavy (non-hydrogen) atoms. The van der Waals surface area contributed by atoms with E-state index < -0.39 is 18.1 Å². The molecule has 2 unspecified atom stereocenters. The summed E-state index contributed by atoms with van der Waals surface area (Å²) < 4.78 is 0. The van der Waals surface area contributed by atoms with E-state index in [1.165, 1.54) is 12.1 Å². The van der Waals surface area contributed by atoms with E-state index >= 15 is 0 Å². The van der Waals surface area contributed by atoms with E-state index in [0.29, 0.717) is 16.7 Å². The minimum absolute atomic E-state index is 0.380. The van der Waals surface area contributed by atoms with Gasteiger partial charge in [0.2, 0.25) is 5.91 Å². The van der Waals surface area contributed by atoms with E-state index in [9.17, 15) is 15.0 Å². The number of nitrogens with two attached hydrogens (primary N) is 1. The van der Waals surface area contributed by atoms with Crippen LogP contribution in [0.25, 0.3) is 0 Å². The van der Waals surface area contributed by atoms with Gasteiger partial charge in [-0.25, -0.2) is 0 Å². The topological polar surface area (TPSA) is 107 Å². The van der Waals surface area contributed by atoms with E-state index in [-0.39, 0.29) is 0 Å². The standard InChI is InChI=1S/C11H12N2O3/c1-6-4-7(5-12)2-3-8(6)9(14)10(15)11(13)16/h2-4,9-10,14-15H,1H3,(H2,13,16). The second kappa shape index (κ2) is 4.75. The Morgan fingerprint density at radius 2 is 2.12 bits per heavy atom. The summed E-state index contributed by atoms with van der Waals surface area (Å²) in [4.78, 5) is 10.7. The van der Waals surface area contributed by atoms with Gasteiger partial charge in [-0.2, -0.15) is 5.26 Å². The number of benzene rings is 1. The number of amides is 1. The van der Waals surface area contributed by atoms with Crippen molar-refractivity contribution in [2.24, 2.45) is 5.73 Å². The van der Waals surface area contributed by atoms with Crippen molar-refractivity contribution in [3.63, 3.8) is 0 Å². The Bertz CT molecular complexity index is 451. The van der Waals surface area contributed by atoms with Crippen LogP contribution in [-0.2, 0) is 4.79 Å². The predicted octanol–water partition coefficient (Wildman–Crippen LogP) is -0.254. The van der Waals surface area contributed by atoms with Crippen LogP contribution >= 0.6 is 0 Å². The molecule has 5 heteroatoms. The number of nitrogens with zero attached hydrogens (tertiary/aromatic N) is 1. The number of primary amides is 1. The maximum absolute atomic E-state index is 10.7. The van der Waals surface area contributed by atoms with Gasteiger partial charge in [-0.1, -0.05) is 6.07 Å². The van der Waals surface area contributed by atoms with Crippen molar-refractivity contribution in [3.05, 3.63) is 34.9 Å². The van der Waals surface area contributed by atoms with E-state index in [0.717, 1.165) is 0 Å². The average molecular weight is 220 g/mol. The van der Waals surface area contributed by atoms with Crippen LogP contribution in [0.2, 0.25) is 0 Å². The molecule has 1 aromatic rings. The van der Waals surface area contributed by atoms with Crippen LogP contribution in [0.4, 0.5) is 0 Å². The van der Waals surface area contributed by atoms with Gasteiger partial charge in [-0.15, -0.1) is 0 Å². The molecule has 0 saturated carbocycles. The van der Waals surface area contributed by atoms with Gasteiger partial charge in [-0.3, -0.25) is 4.79 Å². The van der Waals surface area contributed by atoms with Crippen molar-refractivity contribution in [1.82, 2.24) is 0 Å². The fourth-order valence-corrected chi connectivity index (χ4v) is 1.40. The second-order valence-electron chi connectivity index (χ2n) is 3.48. The normalized spacial score (nSPS) is 13.9. The van der Waals surface area contributed by atoms with E-state index in [4.69, 9.17) is 11.0 Å². The molecule has 5 nitrogen and oxygen atoms in total. The molecule has 0 aliphatic carbocycles. The average Bonchev–Trinajstić information content (AvgIpc) is 2.26. The molecule has 0 aliphatic heterocycles. The van der Waals surface area contributed by atoms with Gasteiger partial charge < -0.3 is 15.9 Å². The van der Waals surface area contributed by atoms with Crippen LogP contribution in [-0.4, -0.2) is 22.2 Å². The minimum atomic E-state index is -1.65. The van der Waals surface area contributed by atoms with E-state index in [1.807, 2.05) is 6.07 Å². The number of hydrogen-bond donors (Lipinski definition) is 3. The summed E-state index contributed by atoms with van der Waals surface area (Å²) >= 11 is 0. The molecule has 0 spiro atoms. The molecule has 2 atom stereocenters. The molecule has 0 bridgehead atoms. The molecule has 0 saturated heterocycles. The Morgan fingerprint density at radius 3 is 2.56 bits per heavy atom. The zero-order valence-electron chi connectivity index (χ0n) is 8.71. The first-order valence-electron chi connectivity index (χ1n) is 4.63. The number of aryl methyl sites for hydroxylation is 1. The first-order chi connectivity index (χ1) is 7.47. The SMILES string of the molecule is Cc1cc(C#N)ccc1C(O)C(O)C(N)=O. The minimum Gasteiger partial charge on any atom is -0.385 e. The third-order valence-electron chi connectivity index (χ3n) is 2.31. The highest BCUT2D eigenvalue weighted by atomic mass is 16.3. The van der Waals surface area contributed by atoms with Gasteiger partial charge in [0.15, 0.2) is 6.10 Å². The Kier molecular flexibility index (Phi) is 3.61. The summed E-state index contributed by atoms with van der Waals surface area (Å²) in [5, 5.41) is 27.6. The van der Waals surface area contributed by atoms with Crippen molar-refractivity contribution >= 4 is 5.91 Å². The third kappa shape index (κ3) is 2.37. The number of carbonyl (C=O) groups is 1. The number of rotatable bonds is 3. The van der Waals surface area contributed by atoms with Crippen molar-refractivity contribution < 1.29 is 15.0 Å². The van der Waals surface area contributed by atoms with Crippen LogP contribution < -0.4 is 5.73 Å². The summed E-state index contributed by atoms with van der Waals surface area (Å²) in [6.07, 6.45) is -3.02. The number of aliphatic hydroxyl groups is 2. The van der Waals surface area contributed by atoms with Gasteiger partial charge in [0.05, 0.1) is 11.6 Å². The molecule has 0 aromatic heterocycles. The maximum Gasteiger partial charge on any atom is 0.249 e. The van der Waals surface area contributed by atoms with Crippen molar-refractivity contribution in [1.29, 1.82) is 5.26 Å². The molecule has 1 rings (SSSR count). The molecule has 0 radical (unpaired) electrons. The summed E-state index contributed by atoms with van der Waals surface area (Å²) in [5.74, 6) is -0.990. The van der Waals surface area contributed by atoms with Crippen LogP contribution in [0.3, 0.4) is 0 Å². The summed E-state index contributed by atoms with van der Waals surface area (Å²) in [6, 6.07) is 6.50. The van der Waals surface area contributed by atoms with Gasteiger partial charge in [0, 0.05) is 0 Å². The number of nitriles is 1.